The zero-order chi connectivity index (χ0) is 13.7. The first kappa shape index (κ1) is 13.9. The molecule has 104 valence electrons. The number of carbonyl (C=O) groups is 1. The molecule has 4 nitrogen and oxygen atoms in total. The predicted molar refractivity (Wildman–Crippen MR) is 73.2 cm³/mol. The molecule has 2 rings (SSSR count). The Morgan fingerprint density at radius 1 is 1.42 bits per heavy atom. The third kappa shape index (κ3) is 3.96. The van der Waals surface area contributed by atoms with E-state index in [0.29, 0.717) is 6.54 Å². The fourth-order valence-corrected chi connectivity index (χ4v) is 2.19. The van der Waals surface area contributed by atoms with Crippen LogP contribution in [0, 0.1) is 5.92 Å². The number of carbonyl (C=O) groups excluding carboxylic acids is 1. The van der Waals surface area contributed by atoms with Crippen LogP contribution >= 0.6 is 0 Å². The molecule has 0 fully saturated rings. The third-order valence-corrected chi connectivity index (χ3v) is 3.40. The van der Waals surface area contributed by atoms with Crippen LogP contribution in [0.15, 0.2) is 18.2 Å². The van der Waals surface area contributed by atoms with E-state index in [4.69, 9.17) is 9.84 Å². The Balaban J connectivity index is 1.77. The minimum atomic E-state index is -0.152. The summed E-state index contributed by atoms with van der Waals surface area (Å²) in [6.45, 7) is 2.45. The van der Waals surface area contributed by atoms with Gasteiger partial charge in [0.25, 0.3) is 5.91 Å². The molecule has 19 heavy (non-hydrogen) atoms. The van der Waals surface area contributed by atoms with Gasteiger partial charge in [0, 0.05) is 13.2 Å². The van der Waals surface area contributed by atoms with Gasteiger partial charge in [-0.25, -0.2) is 0 Å². The molecule has 1 unspecified atom stereocenters. The molecule has 0 saturated heterocycles. The molecule has 2 N–H and O–H groups in total. The summed E-state index contributed by atoms with van der Waals surface area (Å²) in [6.07, 6.45) is 3.46. The molecule has 0 aromatic heterocycles. The fraction of sp³-hybridized carbons (Fsp3) is 0.533. The van der Waals surface area contributed by atoms with Crippen LogP contribution in [0.4, 0.5) is 0 Å². The molecule has 1 aromatic rings. The number of benzene rings is 1. The van der Waals surface area contributed by atoms with E-state index >= 15 is 0 Å². The number of hydrogen-bond acceptors (Lipinski definition) is 3. The van der Waals surface area contributed by atoms with Gasteiger partial charge < -0.3 is 15.2 Å². The van der Waals surface area contributed by atoms with Crippen molar-refractivity contribution in [2.24, 2.45) is 5.92 Å². The summed E-state index contributed by atoms with van der Waals surface area (Å²) in [5.74, 6) is 0.677. The minimum Gasteiger partial charge on any atom is -0.484 e. The Morgan fingerprint density at radius 3 is 3.00 bits per heavy atom. The second-order valence-electron chi connectivity index (χ2n) is 5.16. The number of aryl methyl sites for hydroxylation is 2. The first-order valence-electron chi connectivity index (χ1n) is 6.81. The SMILES string of the molecule is CC(CO)CNC(=O)COc1ccc2c(c1)CCC2. The highest BCUT2D eigenvalue weighted by atomic mass is 16.5. The maximum absolute atomic E-state index is 11.6. The molecule has 0 saturated carbocycles. The summed E-state index contributed by atoms with van der Waals surface area (Å²) < 4.78 is 5.48. The van der Waals surface area contributed by atoms with E-state index in [1.165, 1.54) is 17.5 Å². The van der Waals surface area contributed by atoms with Gasteiger partial charge in [0.15, 0.2) is 6.61 Å². The topological polar surface area (TPSA) is 58.6 Å². The van der Waals surface area contributed by atoms with Gasteiger partial charge in [-0.15, -0.1) is 0 Å². The van der Waals surface area contributed by atoms with E-state index < -0.39 is 0 Å². The lowest BCUT2D eigenvalue weighted by Crippen LogP contribution is -2.33. The quantitative estimate of drug-likeness (QED) is 0.813. The van der Waals surface area contributed by atoms with Gasteiger partial charge in [0.05, 0.1) is 0 Å². The first-order valence-corrected chi connectivity index (χ1v) is 6.81. The number of nitrogens with one attached hydrogen (secondary N) is 1. The molecule has 0 bridgehead atoms. The maximum atomic E-state index is 11.6. The van der Waals surface area contributed by atoms with Crippen molar-refractivity contribution in [3.05, 3.63) is 29.3 Å². The van der Waals surface area contributed by atoms with Crippen molar-refractivity contribution in [1.82, 2.24) is 5.32 Å². The van der Waals surface area contributed by atoms with Crippen molar-refractivity contribution >= 4 is 5.91 Å². The lowest BCUT2D eigenvalue weighted by Gasteiger charge is -2.11. The summed E-state index contributed by atoms with van der Waals surface area (Å²) in [5.41, 5.74) is 2.74. The number of fused-ring (bicyclic) bond motifs is 1. The zero-order valence-electron chi connectivity index (χ0n) is 11.3. The fourth-order valence-electron chi connectivity index (χ4n) is 2.19. The van der Waals surface area contributed by atoms with Crippen LogP contribution in [0.5, 0.6) is 5.75 Å². The predicted octanol–water partition coefficient (Wildman–Crippen LogP) is 1.30. The van der Waals surface area contributed by atoms with Gasteiger partial charge in [-0.05, 0) is 48.4 Å². The molecule has 1 aliphatic rings. The minimum absolute atomic E-state index is 0.0247. The monoisotopic (exact) mass is 263 g/mol. The van der Waals surface area contributed by atoms with Crippen molar-refractivity contribution in [3.63, 3.8) is 0 Å². The molecule has 1 amide bonds. The molecule has 0 spiro atoms. The van der Waals surface area contributed by atoms with Gasteiger partial charge in [0.1, 0.15) is 5.75 Å². The Kier molecular flexibility index (Phi) is 4.80. The highest BCUT2D eigenvalue weighted by molar-refractivity contribution is 5.77. The lowest BCUT2D eigenvalue weighted by molar-refractivity contribution is -0.123. The van der Waals surface area contributed by atoms with E-state index in [9.17, 15) is 4.79 Å². The molecular weight excluding hydrogens is 242 g/mol. The largest absolute Gasteiger partial charge is 0.484 e. The Labute approximate surface area is 113 Å². The van der Waals surface area contributed by atoms with E-state index in [0.717, 1.165) is 18.6 Å². The van der Waals surface area contributed by atoms with Crippen molar-refractivity contribution in [1.29, 1.82) is 0 Å². The van der Waals surface area contributed by atoms with Crippen molar-refractivity contribution < 1.29 is 14.6 Å². The maximum Gasteiger partial charge on any atom is 0.257 e. The summed E-state index contributed by atoms with van der Waals surface area (Å²) in [5, 5.41) is 11.6. The Morgan fingerprint density at radius 2 is 2.21 bits per heavy atom. The van der Waals surface area contributed by atoms with Crippen LogP contribution in [0.1, 0.15) is 24.5 Å². The second-order valence-corrected chi connectivity index (χ2v) is 5.16. The number of amides is 1. The van der Waals surface area contributed by atoms with Crippen LogP contribution in [0.2, 0.25) is 0 Å². The van der Waals surface area contributed by atoms with Gasteiger partial charge in [-0.1, -0.05) is 13.0 Å². The molecule has 1 aliphatic carbocycles. The summed E-state index contributed by atoms with van der Waals surface area (Å²) in [6, 6.07) is 6.04. The van der Waals surface area contributed by atoms with Crippen molar-refractivity contribution in [3.8, 4) is 5.75 Å². The van der Waals surface area contributed by atoms with E-state index in [1.54, 1.807) is 0 Å². The molecular formula is C15H21NO3. The summed E-state index contributed by atoms with van der Waals surface area (Å²) >= 11 is 0. The highest BCUT2D eigenvalue weighted by Crippen LogP contribution is 2.25. The highest BCUT2D eigenvalue weighted by Gasteiger charge is 2.12. The van der Waals surface area contributed by atoms with Gasteiger partial charge >= 0.3 is 0 Å². The average Bonchev–Trinajstić information content (AvgIpc) is 2.89. The second kappa shape index (κ2) is 6.57. The number of aliphatic hydroxyl groups is 1. The van der Waals surface area contributed by atoms with Crippen molar-refractivity contribution in [2.75, 3.05) is 19.8 Å². The first-order chi connectivity index (χ1) is 9.19. The molecule has 0 radical (unpaired) electrons. The standard InChI is InChI=1S/C15H21NO3/c1-11(9-17)8-16-15(18)10-19-14-6-5-12-3-2-4-13(12)7-14/h5-7,11,17H,2-4,8-10H2,1H3,(H,16,18). The van der Waals surface area contributed by atoms with Crippen LogP contribution in [-0.4, -0.2) is 30.8 Å². The van der Waals surface area contributed by atoms with Crippen molar-refractivity contribution in [2.45, 2.75) is 26.2 Å². The van der Waals surface area contributed by atoms with E-state index in [1.807, 2.05) is 19.1 Å². The molecule has 0 heterocycles. The number of ether oxygens (including phenoxy) is 1. The average molecular weight is 263 g/mol. The molecule has 1 aromatic carbocycles. The van der Waals surface area contributed by atoms with Gasteiger partial charge in [-0.2, -0.15) is 0 Å². The zero-order valence-corrected chi connectivity index (χ0v) is 11.3. The third-order valence-electron chi connectivity index (χ3n) is 3.40. The summed E-state index contributed by atoms with van der Waals surface area (Å²) in [4.78, 5) is 11.6. The smallest absolute Gasteiger partial charge is 0.257 e. The Hall–Kier alpha value is -1.55. The van der Waals surface area contributed by atoms with Gasteiger partial charge in [-0.3, -0.25) is 4.79 Å². The number of aliphatic hydroxyl groups excluding tert-OH is 1. The normalized spacial score (nSPS) is 14.8. The number of rotatable bonds is 6. The lowest BCUT2D eigenvalue weighted by atomic mass is 10.1. The van der Waals surface area contributed by atoms with E-state index in [-0.39, 0.29) is 25.0 Å². The van der Waals surface area contributed by atoms with Crippen LogP contribution < -0.4 is 10.1 Å². The molecule has 1 atom stereocenters. The Bertz CT molecular complexity index is 445. The van der Waals surface area contributed by atoms with Crippen LogP contribution in [0.3, 0.4) is 0 Å². The van der Waals surface area contributed by atoms with Crippen LogP contribution in [0.25, 0.3) is 0 Å². The van der Waals surface area contributed by atoms with Gasteiger partial charge in [0.2, 0.25) is 0 Å². The number of hydrogen-bond donors (Lipinski definition) is 2. The molecule has 4 heteroatoms. The molecule has 0 aliphatic heterocycles. The van der Waals surface area contributed by atoms with Crippen LogP contribution in [-0.2, 0) is 17.6 Å². The summed E-state index contributed by atoms with van der Waals surface area (Å²) in [7, 11) is 0. The van der Waals surface area contributed by atoms with E-state index in [2.05, 4.69) is 11.4 Å².